The second-order valence-electron chi connectivity index (χ2n) is 17.6. The van der Waals surface area contributed by atoms with Gasteiger partial charge in [-0.2, -0.15) is 0 Å². The van der Waals surface area contributed by atoms with Gasteiger partial charge in [-0.05, 0) is 25.2 Å². The van der Waals surface area contributed by atoms with Gasteiger partial charge in [0, 0.05) is 19.3 Å². The molecule has 0 bridgehead atoms. The van der Waals surface area contributed by atoms with E-state index < -0.39 is 6.10 Å². The maximum atomic E-state index is 12.7. The highest BCUT2D eigenvalue weighted by atomic mass is 16.6. The minimum atomic E-state index is -0.759. The fourth-order valence-electron chi connectivity index (χ4n) is 7.51. The lowest BCUT2D eigenvalue weighted by molar-refractivity contribution is -0.167. The van der Waals surface area contributed by atoms with E-state index in [9.17, 15) is 14.4 Å². The standard InChI is InChI=1S/C50H96O6/c1-5-7-9-11-13-15-17-22-27-31-35-39-43-50(53)56-47(44-54-48(51)41-37-33-29-25-16-14-12-10-8-6-2)45-55-49(52)42-38-34-30-26-23-20-18-19-21-24-28-32-36-40-46(3)4/h46-47H,5-45H2,1-4H3/t47-/m1/s1. The number of carbonyl (C=O) groups excluding carboxylic acids is 3. The molecular formula is C50H96O6. The van der Waals surface area contributed by atoms with Gasteiger partial charge in [-0.1, -0.05) is 240 Å². The van der Waals surface area contributed by atoms with Gasteiger partial charge in [0.25, 0.3) is 0 Å². The number of hydrogen-bond donors (Lipinski definition) is 0. The SMILES string of the molecule is CCCCCCCCCCCCCCC(=O)O[C@H](COC(=O)CCCCCCCCCCCC)COC(=O)CCCCCCCCCCCCCCCC(C)C. The topological polar surface area (TPSA) is 78.9 Å². The molecule has 0 heterocycles. The highest BCUT2D eigenvalue weighted by molar-refractivity contribution is 5.71. The molecule has 6 nitrogen and oxygen atoms in total. The van der Waals surface area contributed by atoms with Crippen LogP contribution in [0.15, 0.2) is 0 Å². The molecule has 0 aromatic carbocycles. The Kier molecular flexibility index (Phi) is 43.2. The summed E-state index contributed by atoms with van der Waals surface area (Å²) in [5.41, 5.74) is 0. The number of carbonyl (C=O) groups is 3. The van der Waals surface area contributed by atoms with Crippen molar-refractivity contribution in [2.45, 2.75) is 284 Å². The lowest BCUT2D eigenvalue weighted by Gasteiger charge is -2.18. The van der Waals surface area contributed by atoms with Crippen molar-refractivity contribution in [1.29, 1.82) is 0 Å². The molecule has 0 fully saturated rings. The zero-order valence-corrected chi connectivity index (χ0v) is 38.1. The van der Waals surface area contributed by atoms with Gasteiger partial charge in [-0.15, -0.1) is 0 Å². The highest BCUT2D eigenvalue weighted by Gasteiger charge is 2.19. The van der Waals surface area contributed by atoms with E-state index in [4.69, 9.17) is 14.2 Å². The maximum Gasteiger partial charge on any atom is 0.306 e. The Balaban J connectivity index is 4.28. The Hall–Kier alpha value is -1.59. The number of esters is 3. The van der Waals surface area contributed by atoms with Gasteiger partial charge in [0.05, 0.1) is 0 Å². The van der Waals surface area contributed by atoms with Crippen LogP contribution in [0, 0.1) is 5.92 Å². The van der Waals surface area contributed by atoms with E-state index in [1.54, 1.807) is 0 Å². The predicted octanol–water partition coefficient (Wildman–Crippen LogP) is 15.9. The molecule has 0 N–H and O–H groups in total. The van der Waals surface area contributed by atoms with Crippen LogP contribution in [0.2, 0.25) is 0 Å². The molecule has 0 spiro atoms. The molecule has 0 amide bonds. The summed E-state index contributed by atoms with van der Waals surface area (Å²) in [5, 5.41) is 0. The van der Waals surface area contributed by atoms with Gasteiger partial charge in [0.2, 0.25) is 0 Å². The number of hydrogen-bond acceptors (Lipinski definition) is 6. The van der Waals surface area contributed by atoms with E-state index in [0.717, 1.165) is 63.7 Å². The summed E-state index contributed by atoms with van der Waals surface area (Å²) in [4.78, 5) is 37.8. The van der Waals surface area contributed by atoms with Gasteiger partial charge >= 0.3 is 17.9 Å². The van der Waals surface area contributed by atoms with Crippen molar-refractivity contribution < 1.29 is 28.6 Å². The van der Waals surface area contributed by atoms with Crippen LogP contribution in [0.3, 0.4) is 0 Å². The Morgan fingerprint density at radius 1 is 0.339 bits per heavy atom. The monoisotopic (exact) mass is 793 g/mol. The summed E-state index contributed by atoms with van der Waals surface area (Å²) >= 11 is 0. The molecule has 0 aliphatic heterocycles. The molecule has 0 aliphatic carbocycles. The Bertz CT molecular complexity index is 841. The molecule has 0 aromatic rings. The van der Waals surface area contributed by atoms with Gasteiger partial charge in [-0.3, -0.25) is 14.4 Å². The minimum absolute atomic E-state index is 0.0630. The first kappa shape index (κ1) is 54.4. The van der Waals surface area contributed by atoms with Crippen molar-refractivity contribution in [1.82, 2.24) is 0 Å². The average Bonchev–Trinajstić information content (AvgIpc) is 3.18. The molecule has 0 saturated heterocycles. The normalized spacial score (nSPS) is 11.9. The van der Waals surface area contributed by atoms with E-state index in [1.807, 2.05) is 0 Å². The highest BCUT2D eigenvalue weighted by Crippen LogP contribution is 2.17. The summed E-state index contributed by atoms with van der Waals surface area (Å²) in [6.45, 7) is 9.01. The second kappa shape index (κ2) is 44.5. The quantitative estimate of drug-likeness (QED) is 0.0347. The zero-order chi connectivity index (χ0) is 41.0. The Morgan fingerprint density at radius 3 is 0.875 bits per heavy atom. The van der Waals surface area contributed by atoms with Crippen molar-refractivity contribution in [3.8, 4) is 0 Å². The van der Waals surface area contributed by atoms with Gasteiger partial charge in [-0.25, -0.2) is 0 Å². The summed E-state index contributed by atoms with van der Waals surface area (Å²) in [6, 6.07) is 0. The molecule has 0 saturated carbocycles. The summed E-state index contributed by atoms with van der Waals surface area (Å²) in [6.07, 6.45) is 45.1. The molecule has 0 aromatic heterocycles. The fourth-order valence-corrected chi connectivity index (χ4v) is 7.51. The molecule has 6 heteroatoms. The van der Waals surface area contributed by atoms with Crippen LogP contribution < -0.4 is 0 Å². The number of ether oxygens (including phenoxy) is 3. The third-order valence-electron chi connectivity index (χ3n) is 11.3. The lowest BCUT2D eigenvalue weighted by Crippen LogP contribution is -2.30. The van der Waals surface area contributed by atoms with Gasteiger partial charge in [0.1, 0.15) is 13.2 Å². The average molecular weight is 793 g/mol. The van der Waals surface area contributed by atoms with Crippen LogP contribution in [0.5, 0.6) is 0 Å². The van der Waals surface area contributed by atoms with Crippen LogP contribution >= 0.6 is 0 Å². The van der Waals surface area contributed by atoms with Crippen molar-refractivity contribution in [3.05, 3.63) is 0 Å². The van der Waals surface area contributed by atoms with Crippen molar-refractivity contribution in [3.63, 3.8) is 0 Å². The van der Waals surface area contributed by atoms with Crippen LogP contribution in [-0.2, 0) is 28.6 Å². The molecule has 0 rings (SSSR count). The first-order chi connectivity index (χ1) is 27.4. The molecular weight excluding hydrogens is 697 g/mol. The zero-order valence-electron chi connectivity index (χ0n) is 38.1. The molecule has 0 aliphatic rings. The summed E-state index contributed by atoms with van der Waals surface area (Å²) in [5.74, 6) is -0.00872. The number of unbranched alkanes of at least 4 members (excludes halogenated alkanes) is 32. The van der Waals surface area contributed by atoms with Crippen LogP contribution in [0.4, 0.5) is 0 Å². The summed E-state index contributed by atoms with van der Waals surface area (Å²) < 4.78 is 16.8. The van der Waals surface area contributed by atoms with Gasteiger partial charge < -0.3 is 14.2 Å². The molecule has 1 atom stereocenters. The van der Waals surface area contributed by atoms with E-state index in [-0.39, 0.29) is 31.1 Å². The fraction of sp³-hybridized carbons (Fsp3) is 0.940. The van der Waals surface area contributed by atoms with Crippen LogP contribution in [-0.4, -0.2) is 37.2 Å². The Labute approximate surface area is 348 Å². The van der Waals surface area contributed by atoms with Gasteiger partial charge in [0.15, 0.2) is 6.10 Å². The largest absolute Gasteiger partial charge is 0.462 e. The maximum absolute atomic E-state index is 12.7. The second-order valence-corrected chi connectivity index (χ2v) is 17.6. The van der Waals surface area contributed by atoms with Crippen molar-refractivity contribution >= 4 is 17.9 Å². The molecule has 332 valence electrons. The first-order valence-corrected chi connectivity index (χ1v) is 24.9. The Morgan fingerprint density at radius 2 is 0.589 bits per heavy atom. The third kappa shape index (κ3) is 43.5. The summed E-state index contributed by atoms with van der Waals surface area (Å²) in [7, 11) is 0. The first-order valence-electron chi connectivity index (χ1n) is 24.9. The number of rotatable bonds is 45. The van der Waals surface area contributed by atoms with E-state index in [1.165, 1.54) is 173 Å². The van der Waals surface area contributed by atoms with E-state index in [2.05, 4.69) is 27.7 Å². The third-order valence-corrected chi connectivity index (χ3v) is 11.3. The minimum Gasteiger partial charge on any atom is -0.462 e. The lowest BCUT2D eigenvalue weighted by atomic mass is 10.0. The van der Waals surface area contributed by atoms with Crippen molar-refractivity contribution in [2.24, 2.45) is 5.92 Å². The van der Waals surface area contributed by atoms with Crippen molar-refractivity contribution in [2.75, 3.05) is 13.2 Å². The van der Waals surface area contributed by atoms with Crippen LogP contribution in [0.25, 0.3) is 0 Å². The molecule has 0 radical (unpaired) electrons. The van der Waals surface area contributed by atoms with E-state index >= 15 is 0 Å². The van der Waals surface area contributed by atoms with E-state index in [0.29, 0.717) is 19.3 Å². The molecule has 56 heavy (non-hydrogen) atoms. The molecule has 0 unspecified atom stereocenters. The van der Waals surface area contributed by atoms with Crippen LogP contribution in [0.1, 0.15) is 278 Å². The predicted molar refractivity (Wildman–Crippen MR) is 238 cm³/mol. The smallest absolute Gasteiger partial charge is 0.306 e.